The second-order valence-electron chi connectivity index (χ2n) is 5.44. The third-order valence-corrected chi connectivity index (χ3v) is 4.02. The van der Waals surface area contributed by atoms with Gasteiger partial charge in [0.25, 0.3) is 5.91 Å². The molecule has 9 heteroatoms. The summed E-state index contributed by atoms with van der Waals surface area (Å²) in [5.74, 6) is 0.686. The van der Waals surface area contributed by atoms with Crippen molar-refractivity contribution < 1.29 is 14.3 Å². The van der Waals surface area contributed by atoms with E-state index in [0.717, 1.165) is 0 Å². The van der Waals surface area contributed by atoms with Crippen LogP contribution < -0.4 is 20.5 Å². The second-order valence-corrected chi connectivity index (χ2v) is 5.85. The molecule has 0 atom stereocenters. The number of ether oxygens (including phenoxy) is 2. The van der Waals surface area contributed by atoms with Crippen molar-refractivity contribution in [2.24, 2.45) is 0 Å². The van der Waals surface area contributed by atoms with Crippen molar-refractivity contribution in [2.45, 2.75) is 6.92 Å². The number of nitrogen functional groups attached to an aromatic ring is 1. The van der Waals surface area contributed by atoms with Gasteiger partial charge in [0.15, 0.2) is 11.5 Å². The molecule has 2 aromatic carbocycles. The van der Waals surface area contributed by atoms with Crippen molar-refractivity contribution in [2.75, 3.05) is 24.8 Å². The SMILES string of the molecule is CCOc1ccccc1-n1nnc(C(=O)Nc2ccc(OC)c(Cl)c2)c1N. The number of anilines is 2. The van der Waals surface area contributed by atoms with Crippen LogP contribution >= 0.6 is 11.6 Å². The van der Waals surface area contributed by atoms with Crippen molar-refractivity contribution in [1.82, 2.24) is 15.0 Å². The van der Waals surface area contributed by atoms with Crippen LogP contribution in [0.1, 0.15) is 17.4 Å². The quantitative estimate of drug-likeness (QED) is 0.673. The van der Waals surface area contributed by atoms with Gasteiger partial charge >= 0.3 is 0 Å². The molecular formula is C18H18ClN5O3. The molecule has 0 radical (unpaired) electrons. The molecule has 0 saturated carbocycles. The van der Waals surface area contributed by atoms with Crippen molar-refractivity contribution in [1.29, 1.82) is 0 Å². The highest BCUT2D eigenvalue weighted by Crippen LogP contribution is 2.28. The molecule has 140 valence electrons. The molecule has 0 aliphatic carbocycles. The molecular weight excluding hydrogens is 370 g/mol. The number of carbonyl (C=O) groups is 1. The highest BCUT2D eigenvalue weighted by Gasteiger charge is 2.20. The molecule has 0 aliphatic rings. The maximum absolute atomic E-state index is 12.5. The molecule has 1 heterocycles. The Balaban J connectivity index is 1.87. The third kappa shape index (κ3) is 3.80. The van der Waals surface area contributed by atoms with Crippen LogP contribution in [0.25, 0.3) is 5.69 Å². The summed E-state index contributed by atoms with van der Waals surface area (Å²) in [7, 11) is 1.51. The van der Waals surface area contributed by atoms with Gasteiger partial charge in [0.05, 0.1) is 18.7 Å². The highest BCUT2D eigenvalue weighted by molar-refractivity contribution is 6.32. The predicted molar refractivity (Wildman–Crippen MR) is 103 cm³/mol. The van der Waals surface area contributed by atoms with Gasteiger partial charge < -0.3 is 20.5 Å². The number of carbonyl (C=O) groups excluding carboxylic acids is 1. The molecule has 1 amide bonds. The van der Waals surface area contributed by atoms with Gasteiger partial charge in [-0.1, -0.05) is 28.9 Å². The Morgan fingerprint density at radius 3 is 2.74 bits per heavy atom. The number of nitrogens with zero attached hydrogens (tertiary/aromatic N) is 3. The average Bonchev–Trinajstić information content (AvgIpc) is 3.04. The third-order valence-electron chi connectivity index (χ3n) is 3.72. The van der Waals surface area contributed by atoms with Crippen molar-refractivity contribution in [3.63, 3.8) is 0 Å². The first-order valence-corrected chi connectivity index (χ1v) is 8.51. The molecule has 0 bridgehead atoms. The molecule has 3 rings (SSSR count). The van der Waals surface area contributed by atoms with E-state index in [4.69, 9.17) is 26.8 Å². The summed E-state index contributed by atoms with van der Waals surface area (Å²) >= 11 is 6.07. The van der Waals surface area contributed by atoms with Gasteiger partial charge in [0.2, 0.25) is 0 Å². The van der Waals surface area contributed by atoms with E-state index in [9.17, 15) is 4.79 Å². The van der Waals surface area contributed by atoms with Gasteiger partial charge in [-0.25, -0.2) is 0 Å². The first kappa shape index (κ1) is 18.5. The number of halogens is 1. The average molecular weight is 388 g/mol. The van der Waals surface area contributed by atoms with Crippen LogP contribution in [0.15, 0.2) is 42.5 Å². The first-order chi connectivity index (χ1) is 13.0. The van der Waals surface area contributed by atoms with E-state index in [1.807, 2.05) is 19.1 Å². The Labute approximate surface area is 160 Å². The number of para-hydroxylation sites is 2. The van der Waals surface area contributed by atoms with Gasteiger partial charge in [-0.3, -0.25) is 4.79 Å². The number of hydrogen-bond acceptors (Lipinski definition) is 6. The molecule has 8 nitrogen and oxygen atoms in total. The summed E-state index contributed by atoms with van der Waals surface area (Å²) in [6.45, 7) is 2.36. The number of hydrogen-bond donors (Lipinski definition) is 2. The van der Waals surface area contributed by atoms with Crippen LogP contribution in [0.4, 0.5) is 11.5 Å². The largest absolute Gasteiger partial charge is 0.495 e. The number of aromatic nitrogens is 3. The topological polar surface area (TPSA) is 104 Å². The zero-order chi connectivity index (χ0) is 19.4. The summed E-state index contributed by atoms with van der Waals surface area (Å²) in [6, 6.07) is 12.1. The molecule has 27 heavy (non-hydrogen) atoms. The van der Waals surface area contributed by atoms with Crippen LogP contribution in [-0.2, 0) is 0 Å². The minimum atomic E-state index is -0.506. The lowest BCUT2D eigenvalue weighted by molar-refractivity contribution is 0.102. The maximum atomic E-state index is 12.5. The van der Waals surface area contributed by atoms with E-state index >= 15 is 0 Å². The number of benzene rings is 2. The minimum absolute atomic E-state index is 0.00626. The monoisotopic (exact) mass is 387 g/mol. The lowest BCUT2D eigenvalue weighted by Gasteiger charge is -2.10. The number of amides is 1. The Kier molecular flexibility index (Phi) is 5.46. The smallest absolute Gasteiger partial charge is 0.280 e. The summed E-state index contributed by atoms with van der Waals surface area (Å²) in [5.41, 5.74) is 7.17. The molecule has 0 spiro atoms. The normalized spacial score (nSPS) is 10.5. The Morgan fingerprint density at radius 2 is 2.04 bits per heavy atom. The van der Waals surface area contributed by atoms with E-state index in [0.29, 0.717) is 34.5 Å². The fraction of sp³-hybridized carbons (Fsp3) is 0.167. The lowest BCUT2D eigenvalue weighted by Crippen LogP contribution is -2.15. The van der Waals surface area contributed by atoms with E-state index in [1.165, 1.54) is 11.8 Å². The van der Waals surface area contributed by atoms with E-state index in [-0.39, 0.29) is 11.5 Å². The van der Waals surface area contributed by atoms with E-state index in [1.54, 1.807) is 30.3 Å². The second kappa shape index (κ2) is 7.96. The number of rotatable bonds is 6. The highest BCUT2D eigenvalue weighted by atomic mass is 35.5. The standard InChI is InChI=1S/C18H18ClN5O3/c1-3-27-15-7-5-4-6-13(15)24-17(20)16(22-23-24)18(25)21-11-8-9-14(26-2)12(19)10-11/h4-10H,3,20H2,1-2H3,(H,21,25). The molecule has 3 N–H and O–H groups in total. The molecule has 0 saturated heterocycles. The molecule has 0 unspecified atom stereocenters. The van der Waals surface area contributed by atoms with Gasteiger partial charge in [-0.05, 0) is 37.3 Å². The zero-order valence-corrected chi connectivity index (χ0v) is 15.5. The Morgan fingerprint density at radius 1 is 1.26 bits per heavy atom. The Hall–Kier alpha value is -3.26. The maximum Gasteiger partial charge on any atom is 0.280 e. The summed E-state index contributed by atoms with van der Waals surface area (Å²) < 4.78 is 12.0. The molecule has 0 aliphatic heterocycles. The molecule has 1 aromatic heterocycles. The molecule has 3 aromatic rings. The van der Waals surface area contributed by atoms with Crippen LogP contribution in [0, 0.1) is 0 Å². The van der Waals surface area contributed by atoms with Crippen LogP contribution in [0.3, 0.4) is 0 Å². The lowest BCUT2D eigenvalue weighted by atomic mass is 10.2. The van der Waals surface area contributed by atoms with Crippen molar-refractivity contribution >= 4 is 29.0 Å². The van der Waals surface area contributed by atoms with Crippen molar-refractivity contribution in [3.05, 3.63) is 53.2 Å². The van der Waals surface area contributed by atoms with E-state index < -0.39 is 5.91 Å². The summed E-state index contributed by atoms with van der Waals surface area (Å²) in [5, 5.41) is 11.0. The van der Waals surface area contributed by atoms with Crippen molar-refractivity contribution in [3.8, 4) is 17.2 Å². The van der Waals surface area contributed by atoms with Crippen LogP contribution in [-0.4, -0.2) is 34.6 Å². The predicted octanol–water partition coefficient (Wildman–Crippen LogP) is 3.16. The molecule has 0 fully saturated rings. The number of methoxy groups -OCH3 is 1. The summed E-state index contributed by atoms with van der Waals surface area (Å²) in [4.78, 5) is 12.5. The fourth-order valence-corrected chi connectivity index (χ4v) is 2.73. The Bertz CT molecular complexity index is 973. The number of nitrogens with one attached hydrogen (secondary N) is 1. The number of nitrogens with two attached hydrogens (primary N) is 1. The van der Waals surface area contributed by atoms with Crippen LogP contribution in [0.5, 0.6) is 11.5 Å². The van der Waals surface area contributed by atoms with Gasteiger partial charge in [-0.15, -0.1) is 5.10 Å². The fourth-order valence-electron chi connectivity index (χ4n) is 2.47. The minimum Gasteiger partial charge on any atom is -0.495 e. The first-order valence-electron chi connectivity index (χ1n) is 8.13. The summed E-state index contributed by atoms with van der Waals surface area (Å²) in [6.07, 6.45) is 0. The zero-order valence-electron chi connectivity index (χ0n) is 14.8. The van der Waals surface area contributed by atoms with Gasteiger partial charge in [-0.2, -0.15) is 4.68 Å². The van der Waals surface area contributed by atoms with E-state index in [2.05, 4.69) is 15.6 Å². The van der Waals surface area contributed by atoms with Gasteiger partial charge in [0.1, 0.15) is 17.2 Å². The van der Waals surface area contributed by atoms with Gasteiger partial charge in [0, 0.05) is 5.69 Å². The van der Waals surface area contributed by atoms with Crippen LogP contribution in [0.2, 0.25) is 5.02 Å².